The number of hydrogen-bond donors (Lipinski definition) is 0. The molecule has 0 N–H and O–H groups in total. The number of carbonyl (C=O) groups is 1. The van der Waals surface area contributed by atoms with Gasteiger partial charge in [0.1, 0.15) is 0 Å². The van der Waals surface area contributed by atoms with Crippen LogP contribution in [0.1, 0.15) is 72.6 Å². The Kier molecular flexibility index (Phi) is 5.14. The van der Waals surface area contributed by atoms with Crippen molar-refractivity contribution in [1.82, 2.24) is 4.90 Å². The summed E-state index contributed by atoms with van der Waals surface area (Å²) in [6.45, 7) is 11.3. The third-order valence-electron chi connectivity index (χ3n) is 5.55. The van der Waals surface area contributed by atoms with Crippen LogP contribution in [0.15, 0.2) is 0 Å². The summed E-state index contributed by atoms with van der Waals surface area (Å²) in [4.78, 5) is 14.9. The minimum Gasteiger partial charge on any atom is -0.342 e. The van der Waals surface area contributed by atoms with E-state index in [1.54, 1.807) is 0 Å². The van der Waals surface area contributed by atoms with E-state index < -0.39 is 0 Å². The fourth-order valence-corrected chi connectivity index (χ4v) is 4.10. The third-order valence-corrected chi connectivity index (χ3v) is 5.55. The van der Waals surface area contributed by atoms with E-state index in [2.05, 4.69) is 32.6 Å². The molecule has 0 spiro atoms. The first-order valence-corrected chi connectivity index (χ1v) is 8.66. The quantitative estimate of drug-likeness (QED) is 0.692. The van der Waals surface area contributed by atoms with E-state index in [-0.39, 0.29) is 0 Å². The molecule has 3 atom stereocenters. The smallest absolute Gasteiger partial charge is 0.225 e. The highest BCUT2D eigenvalue weighted by atomic mass is 16.2. The van der Waals surface area contributed by atoms with Crippen LogP contribution in [0.5, 0.6) is 0 Å². The Labute approximate surface area is 125 Å². The van der Waals surface area contributed by atoms with Gasteiger partial charge in [-0.25, -0.2) is 0 Å². The van der Waals surface area contributed by atoms with Crippen LogP contribution in [-0.4, -0.2) is 23.9 Å². The summed E-state index contributed by atoms with van der Waals surface area (Å²) < 4.78 is 0. The lowest BCUT2D eigenvalue weighted by Gasteiger charge is -2.32. The molecule has 2 rings (SSSR count). The fourth-order valence-electron chi connectivity index (χ4n) is 4.10. The van der Waals surface area contributed by atoms with E-state index in [0.717, 1.165) is 37.8 Å². The van der Waals surface area contributed by atoms with E-state index in [4.69, 9.17) is 0 Å². The molecule has 0 aromatic heterocycles. The maximum Gasteiger partial charge on any atom is 0.225 e. The predicted molar refractivity (Wildman–Crippen MR) is 84.5 cm³/mol. The maximum absolute atomic E-state index is 12.7. The second-order valence-electron chi connectivity index (χ2n) is 8.29. The lowest BCUT2D eigenvalue weighted by molar-refractivity contribution is -0.137. The molecular formula is C18H33NO. The van der Waals surface area contributed by atoms with Crippen molar-refractivity contribution in [1.29, 1.82) is 0 Å². The van der Waals surface area contributed by atoms with E-state index in [1.165, 1.54) is 32.1 Å². The van der Waals surface area contributed by atoms with Crippen LogP contribution in [-0.2, 0) is 4.79 Å². The molecule has 1 aliphatic heterocycles. The van der Waals surface area contributed by atoms with Gasteiger partial charge in [-0.2, -0.15) is 0 Å². The van der Waals surface area contributed by atoms with Gasteiger partial charge in [0, 0.05) is 19.0 Å². The average molecular weight is 279 g/mol. The maximum atomic E-state index is 12.7. The Morgan fingerprint density at radius 1 is 1.00 bits per heavy atom. The van der Waals surface area contributed by atoms with Gasteiger partial charge in [-0.1, -0.05) is 40.5 Å². The molecule has 1 aliphatic carbocycles. The van der Waals surface area contributed by atoms with Gasteiger partial charge in [0.05, 0.1) is 0 Å². The average Bonchev–Trinajstić information content (AvgIpc) is 2.63. The van der Waals surface area contributed by atoms with Crippen LogP contribution >= 0.6 is 0 Å². The fraction of sp³-hybridized carbons (Fsp3) is 0.944. The number of rotatable bonds is 1. The Morgan fingerprint density at radius 3 is 2.40 bits per heavy atom. The van der Waals surface area contributed by atoms with Gasteiger partial charge in [-0.3, -0.25) is 4.79 Å². The minimum atomic E-state index is 0.324. The van der Waals surface area contributed by atoms with Crippen LogP contribution in [0.2, 0.25) is 0 Å². The predicted octanol–water partition coefficient (Wildman–Crippen LogP) is 4.49. The normalized spacial score (nSPS) is 32.8. The van der Waals surface area contributed by atoms with Crippen LogP contribution < -0.4 is 0 Å². The van der Waals surface area contributed by atoms with Crippen molar-refractivity contribution in [3.63, 3.8) is 0 Å². The van der Waals surface area contributed by atoms with Crippen molar-refractivity contribution in [3.05, 3.63) is 0 Å². The van der Waals surface area contributed by atoms with Crippen molar-refractivity contribution in [2.45, 2.75) is 72.6 Å². The van der Waals surface area contributed by atoms with Crippen LogP contribution in [0.25, 0.3) is 0 Å². The summed E-state index contributed by atoms with van der Waals surface area (Å²) in [5, 5.41) is 0. The van der Waals surface area contributed by atoms with Crippen LogP contribution in [0.3, 0.4) is 0 Å². The third kappa shape index (κ3) is 3.99. The lowest BCUT2D eigenvalue weighted by atomic mass is 9.77. The molecule has 1 heterocycles. The SMILES string of the molecule is C[C@@H]1CCC[C@H](C(=O)N2CCC[C@@H](C(C)(C)C)CC2)C1. The number of hydrogen-bond acceptors (Lipinski definition) is 1. The summed E-state index contributed by atoms with van der Waals surface area (Å²) in [5.74, 6) is 2.30. The van der Waals surface area contributed by atoms with Crippen LogP contribution in [0, 0.1) is 23.2 Å². The standard InChI is InChI=1S/C18H33NO/c1-14-7-5-8-15(13-14)17(20)19-11-6-9-16(10-12-19)18(2,3)4/h14-16H,5-13H2,1-4H3/t14-,15+,16-/m1/s1. The second-order valence-corrected chi connectivity index (χ2v) is 8.29. The number of carbonyl (C=O) groups excluding carboxylic acids is 1. The molecule has 0 radical (unpaired) electrons. The molecular weight excluding hydrogens is 246 g/mol. The van der Waals surface area contributed by atoms with E-state index >= 15 is 0 Å². The van der Waals surface area contributed by atoms with Crippen molar-refractivity contribution >= 4 is 5.91 Å². The molecule has 2 aliphatic rings. The summed E-state index contributed by atoms with van der Waals surface area (Å²) in [6, 6.07) is 0. The van der Waals surface area contributed by atoms with E-state index in [9.17, 15) is 4.79 Å². The van der Waals surface area contributed by atoms with Gasteiger partial charge < -0.3 is 4.90 Å². The van der Waals surface area contributed by atoms with Crippen LogP contribution in [0.4, 0.5) is 0 Å². The molecule has 1 saturated carbocycles. The topological polar surface area (TPSA) is 20.3 Å². The van der Waals surface area contributed by atoms with Gasteiger partial charge in [-0.05, 0) is 49.4 Å². The monoisotopic (exact) mass is 279 g/mol. The molecule has 0 unspecified atom stereocenters. The first-order chi connectivity index (χ1) is 9.38. The van der Waals surface area contributed by atoms with Crippen molar-refractivity contribution in [2.75, 3.05) is 13.1 Å². The van der Waals surface area contributed by atoms with E-state index in [0.29, 0.717) is 17.2 Å². The zero-order chi connectivity index (χ0) is 14.8. The van der Waals surface area contributed by atoms with Crippen molar-refractivity contribution in [3.8, 4) is 0 Å². The summed E-state index contributed by atoms with van der Waals surface area (Å²) >= 11 is 0. The Balaban J connectivity index is 1.91. The number of likely N-dealkylation sites (tertiary alicyclic amines) is 1. The Hall–Kier alpha value is -0.530. The molecule has 116 valence electrons. The highest BCUT2D eigenvalue weighted by Gasteiger charge is 2.32. The molecule has 2 nitrogen and oxygen atoms in total. The van der Waals surface area contributed by atoms with E-state index in [1.807, 2.05) is 0 Å². The highest BCUT2D eigenvalue weighted by molar-refractivity contribution is 5.79. The molecule has 1 saturated heterocycles. The number of nitrogens with zero attached hydrogens (tertiary/aromatic N) is 1. The van der Waals surface area contributed by atoms with Gasteiger partial charge in [-0.15, -0.1) is 0 Å². The number of amides is 1. The molecule has 2 fully saturated rings. The summed E-state index contributed by atoms with van der Waals surface area (Å²) in [7, 11) is 0. The second kappa shape index (κ2) is 6.49. The summed E-state index contributed by atoms with van der Waals surface area (Å²) in [6.07, 6.45) is 8.48. The van der Waals surface area contributed by atoms with Crippen molar-refractivity contribution < 1.29 is 4.79 Å². The molecule has 1 amide bonds. The lowest BCUT2D eigenvalue weighted by Crippen LogP contribution is -2.38. The zero-order valence-corrected chi connectivity index (χ0v) is 14.0. The largest absolute Gasteiger partial charge is 0.342 e. The van der Waals surface area contributed by atoms with Crippen molar-refractivity contribution in [2.24, 2.45) is 23.2 Å². The van der Waals surface area contributed by atoms with Gasteiger partial charge >= 0.3 is 0 Å². The Morgan fingerprint density at radius 2 is 1.75 bits per heavy atom. The summed E-state index contributed by atoms with van der Waals surface area (Å²) in [5.41, 5.74) is 0.387. The molecule has 0 aromatic carbocycles. The zero-order valence-electron chi connectivity index (χ0n) is 14.0. The van der Waals surface area contributed by atoms with Gasteiger partial charge in [0.15, 0.2) is 0 Å². The first-order valence-electron chi connectivity index (χ1n) is 8.66. The molecule has 2 heteroatoms. The Bertz CT molecular complexity index is 331. The minimum absolute atomic E-state index is 0.324. The highest BCUT2D eigenvalue weighted by Crippen LogP contribution is 2.35. The molecule has 0 aromatic rings. The van der Waals surface area contributed by atoms with Gasteiger partial charge in [0.25, 0.3) is 0 Å². The first kappa shape index (κ1) is 15.9. The molecule has 0 bridgehead atoms. The molecule has 20 heavy (non-hydrogen) atoms. The van der Waals surface area contributed by atoms with Gasteiger partial charge in [0.2, 0.25) is 5.91 Å².